The number of Topliss-reactive ketones (excluding diaryl/α,β-unsaturated/α-hetero) is 1. The number of aliphatic hydroxyl groups is 1. The van der Waals surface area contributed by atoms with Crippen LogP contribution in [0.1, 0.15) is 76.7 Å². The maximum Gasteiger partial charge on any atom is 0.306 e. The van der Waals surface area contributed by atoms with E-state index in [1.54, 1.807) is 6.92 Å². The van der Waals surface area contributed by atoms with E-state index < -0.39 is 24.2 Å². The van der Waals surface area contributed by atoms with Crippen LogP contribution in [0.4, 0.5) is 8.78 Å². The number of carbonyl (C=O) groups excluding carboxylic acids is 2. The quantitative estimate of drug-likeness (QED) is 0.235. The van der Waals surface area contributed by atoms with Crippen molar-refractivity contribution in [2.24, 2.45) is 11.8 Å². The van der Waals surface area contributed by atoms with Gasteiger partial charge in [-0.3, -0.25) is 9.59 Å². The summed E-state index contributed by atoms with van der Waals surface area (Å²) < 4.78 is 39.8. The highest BCUT2D eigenvalue weighted by Gasteiger charge is 2.59. The van der Waals surface area contributed by atoms with Crippen LogP contribution in [0.2, 0.25) is 0 Å². The van der Waals surface area contributed by atoms with Crippen molar-refractivity contribution >= 4 is 11.8 Å². The molecule has 1 saturated heterocycles. The summed E-state index contributed by atoms with van der Waals surface area (Å²) in [5, 5.41) is 10.5. The molecule has 1 aromatic carbocycles. The van der Waals surface area contributed by atoms with Crippen molar-refractivity contribution in [2.45, 2.75) is 95.6 Å². The summed E-state index contributed by atoms with van der Waals surface area (Å²) >= 11 is 0. The van der Waals surface area contributed by atoms with Gasteiger partial charge in [0, 0.05) is 31.6 Å². The second-order valence-electron chi connectivity index (χ2n) is 9.50. The van der Waals surface area contributed by atoms with Gasteiger partial charge < -0.3 is 14.6 Å². The molecule has 0 bridgehead atoms. The molecule has 4 atom stereocenters. The smallest absolute Gasteiger partial charge is 0.306 e. The summed E-state index contributed by atoms with van der Waals surface area (Å²) in [6.07, 6.45) is 6.25. The van der Waals surface area contributed by atoms with E-state index in [9.17, 15) is 23.5 Å². The van der Waals surface area contributed by atoms with Crippen molar-refractivity contribution < 1.29 is 33.0 Å². The lowest BCUT2D eigenvalue weighted by molar-refractivity contribution is -0.353. The Morgan fingerprint density at radius 2 is 1.97 bits per heavy atom. The number of fused-ring (bicyclic) bond motifs is 1. The number of allylic oxidation sites excluding steroid dienone is 2. The first-order valence-corrected chi connectivity index (χ1v) is 12.4. The zero-order chi connectivity index (χ0) is 24.6. The Morgan fingerprint density at radius 3 is 2.71 bits per heavy atom. The van der Waals surface area contributed by atoms with Crippen molar-refractivity contribution in [3.8, 4) is 0 Å². The average Bonchev–Trinajstić information content (AvgIpc) is 3.12. The van der Waals surface area contributed by atoms with Gasteiger partial charge in [-0.05, 0) is 37.7 Å². The second-order valence-corrected chi connectivity index (χ2v) is 9.50. The Balaban J connectivity index is 1.35. The van der Waals surface area contributed by atoms with E-state index in [1.807, 2.05) is 30.3 Å². The average molecular weight is 479 g/mol. The van der Waals surface area contributed by atoms with Crippen LogP contribution in [0.25, 0.3) is 0 Å². The first-order chi connectivity index (χ1) is 16.3. The maximum absolute atomic E-state index is 14.5. The fourth-order valence-electron chi connectivity index (χ4n) is 5.05. The number of benzene rings is 1. The molecule has 0 spiro atoms. The second kappa shape index (κ2) is 12.0. The van der Waals surface area contributed by atoms with E-state index >= 15 is 0 Å². The SMILES string of the molecule is C/C=C/CC(F)(F)[C@@]1(O)CC[C@H]2C(CC(=O)C2CCCCCCC(=O)OCc2ccccc2)O1. The molecular formula is C27H36F2O5. The molecule has 2 fully saturated rings. The molecule has 1 saturated carbocycles. The number of esters is 1. The lowest BCUT2D eigenvalue weighted by Gasteiger charge is -2.43. The number of ether oxygens (including phenoxy) is 2. The Labute approximate surface area is 200 Å². The van der Waals surface area contributed by atoms with Crippen LogP contribution in [0.5, 0.6) is 0 Å². The molecule has 5 nitrogen and oxygen atoms in total. The minimum Gasteiger partial charge on any atom is -0.461 e. The van der Waals surface area contributed by atoms with E-state index in [2.05, 4.69) is 0 Å². The first kappa shape index (κ1) is 26.5. The van der Waals surface area contributed by atoms with E-state index in [-0.39, 0.29) is 43.0 Å². The number of carbonyl (C=O) groups is 2. The normalized spacial score (nSPS) is 27.2. The summed E-state index contributed by atoms with van der Waals surface area (Å²) in [6.45, 7) is 1.93. The van der Waals surface area contributed by atoms with Crippen LogP contribution >= 0.6 is 0 Å². The highest BCUT2D eigenvalue weighted by atomic mass is 19.3. The molecular weight excluding hydrogens is 442 g/mol. The highest BCUT2D eigenvalue weighted by molar-refractivity contribution is 5.84. The molecule has 7 heteroatoms. The number of alkyl halides is 2. The predicted molar refractivity (Wildman–Crippen MR) is 124 cm³/mol. The molecule has 2 unspecified atom stereocenters. The molecule has 1 aromatic rings. The Hall–Kier alpha value is -2.12. The van der Waals surface area contributed by atoms with Gasteiger partial charge in [0.15, 0.2) is 0 Å². The summed E-state index contributed by atoms with van der Waals surface area (Å²) in [6, 6.07) is 9.54. The van der Waals surface area contributed by atoms with Crippen LogP contribution in [-0.4, -0.2) is 34.7 Å². The zero-order valence-electron chi connectivity index (χ0n) is 19.9. The van der Waals surface area contributed by atoms with Crippen LogP contribution in [0, 0.1) is 11.8 Å². The lowest BCUT2D eigenvalue weighted by atomic mass is 9.81. The number of hydrogen-bond acceptors (Lipinski definition) is 5. The number of rotatable bonds is 12. The van der Waals surface area contributed by atoms with Gasteiger partial charge in [0.05, 0.1) is 6.10 Å². The van der Waals surface area contributed by atoms with E-state index in [1.165, 1.54) is 12.2 Å². The maximum atomic E-state index is 14.5. The van der Waals surface area contributed by atoms with Crippen molar-refractivity contribution in [3.63, 3.8) is 0 Å². The van der Waals surface area contributed by atoms with Crippen LogP contribution in [-0.2, 0) is 25.7 Å². The molecule has 0 amide bonds. The van der Waals surface area contributed by atoms with Crippen LogP contribution < -0.4 is 0 Å². The van der Waals surface area contributed by atoms with Gasteiger partial charge in [-0.1, -0.05) is 61.7 Å². The van der Waals surface area contributed by atoms with E-state index in [4.69, 9.17) is 9.47 Å². The lowest BCUT2D eigenvalue weighted by Crippen LogP contribution is -2.55. The summed E-state index contributed by atoms with van der Waals surface area (Å²) in [5.41, 5.74) is 0.960. The largest absolute Gasteiger partial charge is 0.461 e. The fourth-order valence-corrected chi connectivity index (χ4v) is 5.05. The van der Waals surface area contributed by atoms with E-state index in [0.717, 1.165) is 31.2 Å². The van der Waals surface area contributed by atoms with Gasteiger partial charge in [0.2, 0.25) is 5.79 Å². The van der Waals surface area contributed by atoms with E-state index in [0.29, 0.717) is 19.3 Å². The van der Waals surface area contributed by atoms with Gasteiger partial charge in [0.1, 0.15) is 12.4 Å². The third kappa shape index (κ3) is 6.72. The molecule has 0 radical (unpaired) electrons. The van der Waals surface area contributed by atoms with Gasteiger partial charge >= 0.3 is 11.9 Å². The summed E-state index contributed by atoms with van der Waals surface area (Å²) in [7, 11) is 0. The zero-order valence-corrected chi connectivity index (χ0v) is 19.9. The molecule has 0 aromatic heterocycles. The van der Waals surface area contributed by atoms with Gasteiger partial charge in [0.25, 0.3) is 0 Å². The van der Waals surface area contributed by atoms with Gasteiger partial charge in [-0.2, -0.15) is 0 Å². The van der Waals surface area contributed by atoms with Crippen LogP contribution in [0.15, 0.2) is 42.5 Å². The standard InChI is InChI=1S/C27H36F2O5/c1-2-3-16-26(28,29)27(32)17-15-22-21(23(30)18-24(22)34-27)13-9-4-5-10-14-25(31)33-19-20-11-7-6-8-12-20/h2-3,6-8,11-12,21-22,24,32H,4-5,9-10,13-19H2,1H3/b3-2+/t21?,22-,24?,27-/m1/s1. The molecule has 1 aliphatic heterocycles. The van der Waals surface area contributed by atoms with Crippen LogP contribution in [0.3, 0.4) is 0 Å². The predicted octanol–water partition coefficient (Wildman–Crippen LogP) is 5.74. The molecule has 2 aliphatic rings. The third-order valence-electron chi connectivity index (χ3n) is 7.04. The topological polar surface area (TPSA) is 72.8 Å². The first-order valence-electron chi connectivity index (χ1n) is 12.4. The summed E-state index contributed by atoms with van der Waals surface area (Å²) in [5.74, 6) is -6.39. The minimum atomic E-state index is -3.39. The van der Waals surface area contributed by atoms with Crippen molar-refractivity contribution in [1.82, 2.24) is 0 Å². The van der Waals surface area contributed by atoms with Crippen molar-refractivity contribution in [3.05, 3.63) is 48.0 Å². The molecule has 188 valence electrons. The van der Waals surface area contributed by atoms with Crippen molar-refractivity contribution in [2.75, 3.05) is 0 Å². The number of hydrogen-bond donors (Lipinski definition) is 1. The number of halogens is 2. The summed E-state index contributed by atoms with van der Waals surface area (Å²) in [4.78, 5) is 24.4. The Bertz CT molecular complexity index is 841. The minimum absolute atomic E-state index is 0.0421. The number of unbranched alkanes of at least 4 members (excludes halogenated alkanes) is 3. The molecule has 1 heterocycles. The fraction of sp³-hybridized carbons (Fsp3) is 0.630. The van der Waals surface area contributed by atoms with Crippen molar-refractivity contribution in [1.29, 1.82) is 0 Å². The highest BCUT2D eigenvalue weighted by Crippen LogP contribution is 2.49. The monoisotopic (exact) mass is 478 g/mol. The number of ketones is 1. The molecule has 1 aliphatic carbocycles. The molecule has 34 heavy (non-hydrogen) atoms. The van der Waals surface area contributed by atoms with Gasteiger partial charge in [-0.15, -0.1) is 0 Å². The van der Waals surface area contributed by atoms with Gasteiger partial charge in [-0.25, -0.2) is 8.78 Å². The Kier molecular flexibility index (Phi) is 9.37. The molecule has 1 N–H and O–H groups in total. The Morgan fingerprint density at radius 1 is 1.24 bits per heavy atom. The molecule has 3 rings (SSSR count). The third-order valence-corrected chi connectivity index (χ3v) is 7.04.